The highest BCUT2D eigenvalue weighted by atomic mass is 31.2. The third kappa shape index (κ3) is 12.2. The van der Waals surface area contributed by atoms with E-state index in [1.807, 2.05) is 0 Å². The lowest BCUT2D eigenvalue weighted by molar-refractivity contribution is -0.173. The predicted octanol–water partition coefficient (Wildman–Crippen LogP) is 7.21. The van der Waals surface area contributed by atoms with Crippen LogP contribution in [0.4, 0.5) is 5.82 Å². The summed E-state index contributed by atoms with van der Waals surface area (Å²) in [6, 6.07) is 12.2. The molecule has 2 aromatic heterocycles. The minimum absolute atomic E-state index is 0.0920. The highest BCUT2D eigenvalue weighted by Crippen LogP contribution is 2.48. The van der Waals surface area contributed by atoms with Crippen molar-refractivity contribution in [3.8, 4) is 11.8 Å². The van der Waals surface area contributed by atoms with Gasteiger partial charge < -0.3 is 29.2 Å². The number of fused-ring (bicyclic) bond motifs is 1. The van der Waals surface area contributed by atoms with E-state index in [4.69, 9.17) is 33.7 Å². The molecule has 0 spiro atoms. The summed E-state index contributed by atoms with van der Waals surface area (Å²) in [5, 5.41) is 17.8. The molecule has 1 aliphatic rings. The Morgan fingerprint density at radius 1 is 0.914 bits per heavy atom. The summed E-state index contributed by atoms with van der Waals surface area (Å²) in [7, 11) is -4.47. The Hall–Kier alpha value is -4.55. The summed E-state index contributed by atoms with van der Waals surface area (Å²) in [6.45, 7) is 9.68. The van der Waals surface area contributed by atoms with E-state index in [1.165, 1.54) is 62.4 Å². The van der Waals surface area contributed by atoms with Crippen LogP contribution in [0.25, 0.3) is 5.52 Å². The van der Waals surface area contributed by atoms with Crippen LogP contribution < -0.4 is 15.3 Å². The second-order valence-corrected chi connectivity index (χ2v) is 16.8. The van der Waals surface area contributed by atoms with E-state index >= 15 is 0 Å². The number of rotatable bonds is 24. The fourth-order valence-corrected chi connectivity index (χ4v) is 7.90. The molecule has 1 saturated heterocycles. The molecule has 1 aliphatic heterocycles. The van der Waals surface area contributed by atoms with Gasteiger partial charge in [0, 0.05) is 0 Å². The first kappa shape index (κ1) is 46.1. The molecule has 16 nitrogen and oxygen atoms in total. The summed E-state index contributed by atoms with van der Waals surface area (Å²) in [5.41, 5.74) is 4.37. The van der Waals surface area contributed by atoms with E-state index in [1.54, 1.807) is 64.1 Å². The zero-order valence-corrected chi connectivity index (χ0v) is 35.4. The van der Waals surface area contributed by atoms with E-state index in [2.05, 4.69) is 28.2 Å². The van der Waals surface area contributed by atoms with Crippen LogP contribution in [0.15, 0.2) is 48.8 Å². The Balaban J connectivity index is 1.56. The lowest BCUT2D eigenvalue weighted by atomic mass is 9.92. The number of nitrogens with zero attached hydrogens (tertiary/aromatic N) is 4. The summed E-state index contributed by atoms with van der Waals surface area (Å²) < 4.78 is 51.5. The van der Waals surface area contributed by atoms with Gasteiger partial charge in [-0.3, -0.25) is 18.9 Å². The van der Waals surface area contributed by atoms with Crippen LogP contribution in [0.3, 0.4) is 0 Å². The number of unbranched alkanes of at least 4 members (excludes halogenated alkanes) is 9. The van der Waals surface area contributed by atoms with E-state index in [0.717, 1.165) is 19.3 Å². The average molecular weight is 827 g/mol. The van der Waals surface area contributed by atoms with E-state index in [0.29, 0.717) is 11.9 Å². The maximum absolute atomic E-state index is 14.6. The second-order valence-electron chi connectivity index (χ2n) is 15.1. The second kappa shape index (κ2) is 22.0. The molecule has 1 fully saturated rings. The van der Waals surface area contributed by atoms with Gasteiger partial charge in [-0.1, -0.05) is 111 Å². The molecule has 4 rings (SSSR count). The first-order valence-corrected chi connectivity index (χ1v) is 21.8. The van der Waals surface area contributed by atoms with Crippen LogP contribution in [0.5, 0.6) is 5.75 Å². The van der Waals surface area contributed by atoms with Crippen LogP contribution in [-0.4, -0.2) is 70.1 Å². The fourth-order valence-electron chi connectivity index (χ4n) is 6.39. The largest absolute Gasteiger partial charge is 0.465 e. The molecule has 0 unspecified atom stereocenters. The Morgan fingerprint density at radius 2 is 1.53 bits per heavy atom. The summed E-state index contributed by atoms with van der Waals surface area (Å²) >= 11 is 0. The van der Waals surface area contributed by atoms with Crippen molar-refractivity contribution in [3.05, 3.63) is 54.5 Å². The van der Waals surface area contributed by atoms with Gasteiger partial charge in [0.05, 0.1) is 30.7 Å². The van der Waals surface area contributed by atoms with Crippen LogP contribution in [0, 0.1) is 23.2 Å². The molecule has 6 atom stereocenters. The molecule has 0 aliphatic carbocycles. The van der Waals surface area contributed by atoms with Crippen molar-refractivity contribution in [2.75, 3.05) is 18.9 Å². The number of aromatic nitrogens is 3. The van der Waals surface area contributed by atoms with E-state index in [9.17, 15) is 24.2 Å². The molecular weight excluding hydrogens is 767 g/mol. The number of hydrogen-bond acceptors (Lipinski definition) is 14. The standard InChI is InChI=1S/C41H59N6O10P/c1-7-8-9-10-11-12-13-14-15-19-24-52-40(50)30(6)46-58(51,57-31-20-17-16-18-21-31)53-25-33-35(54-38(48)28(2)3)36(55-39(49)29(4)5)41(26-42,56-33)34-23-22-32-37(43)44-27-45-47(32)34/h16-18,20-23,27-30,33,35-36H,7-15,19,24-25H2,1-6H3,(H,46,51)(H2,43,44,45)/t30-,33+,35+,36+,41-,58-/m0/s1. The van der Waals surface area contributed by atoms with Gasteiger partial charge in [0.1, 0.15) is 35.8 Å². The minimum Gasteiger partial charge on any atom is -0.465 e. The fraction of sp³-hybridized carbons (Fsp3) is 0.610. The summed E-state index contributed by atoms with van der Waals surface area (Å²) in [5.74, 6) is -3.08. The lowest BCUT2D eigenvalue weighted by Crippen LogP contribution is -2.47. The highest BCUT2D eigenvalue weighted by Gasteiger charge is 2.63. The van der Waals surface area contributed by atoms with E-state index < -0.39 is 74.1 Å². The smallest absolute Gasteiger partial charge is 0.459 e. The van der Waals surface area contributed by atoms with Crippen molar-refractivity contribution in [1.29, 1.82) is 5.26 Å². The quantitative estimate of drug-likeness (QED) is 0.0395. The van der Waals surface area contributed by atoms with Crippen molar-refractivity contribution in [2.45, 2.75) is 136 Å². The molecule has 3 aromatic rings. The molecule has 0 bridgehead atoms. The molecule has 1 aromatic carbocycles. The number of nitrogen functional groups attached to an aromatic ring is 1. The first-order valence-electron chi connectivity index (χ1n) is 20.3. The van der Waals surface area contributed by atoms with Crippen LogP contribution in [-0.2, 0) is 48.0 Å². The molecule has 3 N–H and O–H groups in total. The minimum atomic E-state index is -4.47. The van der Waals surface area contributed by atoms with Crippen molar-refractivity contribution in [1.82, 2.24) is 19.7 Å². The van der Waals surface area contributed by atoms with Gasteiger partial charge in [0.15, 0.2) is 18.0 Å². The number of benzene rings is 1. The maximum Gasteiger partial charge on any atom is 0.459 e. The molecule has 17 heteroatoms. The number of carbonyl (C=O) groups is 3. The van der Waals surface area contributed by atoms with Gasteiger partial charge >= 0.3 is 25.7 Å². The predicted molar refractivity (Wildman–Crippen MR) is 215 cm³/mol. The number of carbonyl (C=O) groups excluding carboxylic acids is 3. The van der Waals surface area contributed by atoms with E-state index in [-0.39, 0.29) is 23.9 Å². The van der Waals surface area contributed by atoms with Gasteiger partial charge in [-0.25, -0.2) is 14.1 Å². The average Bonchev–Trinajstić information content (AvgIpc) is 3.76. The SMILES string of the molecule is CCCCCCCCCCCCOC(=O)[C@H](C)N[P@](=O)(OC[C@H]1O[C@@](C#N)(c2ccc3c(N)ncnn23)[C@H](OC(=O)C(C)C)[C@@H]1OC(=O)C(C)C)Oc1ccccc1. The molecule has 58 heavy (non-hydrogen) atoms. The number of ether oxygens (including phenoxy) is 4. The van der Waals surface area contributed by atoms with Gasteiger partial charge in [0.2, 0.25) is 5.60 Å². The molecular formula is C41H59N6O10P. The van der Waals surface area contributed by atoms with Crippen LogP contribution >= 0.6 is 7.75 Å². The highest BCUT2D eigenvalue weighted by molar-refractivity contribution is 7.52. The number of nitrogens with two attached hydrogens (primary N) is 1. The topological polar surface area (TPSA) is 216 Å². The monoisotopic (exact) mass is 826 g/mol. The third-order valence-electron chi connectivity index (χ3n) is 9.69. The maximum atomic E-state index is 14.6. The molecule has 0 saturated carbocycles. The van der Waals surface area contributed by atoms with Crippen molar-refractivity contribution < 1.29 is 46.9 Å². The number of nitrogens with one attached hydrogen (secondary N) is 1. The molecule has 3 heterocycles. The Kier molecular flexibility index (Phi) is 17.5. The Labute approximate surface area is 341 Å². The van der Waals surface area contributed by atoms with Crippen molar-refractivity contribution >= 4 is 37.0 Å². The van der Waals surface area contributed by atoms with Crippen molar-refractivity contribution in [3.63, 3.8) is 0 Å². The number of hydrogen-bond donors (Lipinski definition) is 2. The zero-order chi connectivity index (χ0) is 42.3. The number of nitriles is 1. The number of esters is 3. The molecule has 0 amide bonds. The van der Waals surface area contributed by atoms with Crippen LogP contribution in [0.1, 0.15) is 111 Å². The Morgan fingerprint density at radius 3 is 2.16 bits per heavy atom. The van der Waals surface area contributed by atoms with Gasteiger partial charge in [-0.2, -0.15) is 15.4 Å². The first-order chi connectivity index (χ1) is 27.7. The third-order valence-corrected chi connectivity index (χ3v) is 11.3. The summed E-state index contributed by atoms with van der Waals surface area (Å²) in [4.78, 5) is 43.6. The Bertz CT molecular complexity index is 1890. The lowest BCUT2D eigenvalue weighted by Gasteiger charge is -2.29. The zero-order valence-electron chi connectivity index (χ0n) is 34.5. The normalized spacial score (nSPS) is 20.7. The number of para-hydroxylation sites is 1. The van der Waals surface area contributed by atoms with Crippen LogP contribution in [0.2, 0.25) is 0 Å². The van der Waals surface area contributed by atoms with Gasteiger partial charge in [0.25, 0.3) is 0 Å². The van der Waals surface area contributed by atoms with Crippen molar-refractivity contribution in [2.24, 2.45) is 11.8 Å². The van der Waals surface area contributed by atoms with Gasteiger partial charge in [-0.05, 0) is 37.6 Å². The summed E-state index contributed by atoms with van der Waals surface area (Å²) in [6.07, 6.45) is 8.07. The molecule has 0 radical (unpaired) electrons. The molecule has 318 valence electrons. The van der Waals surface area contributed by atoms with Gasteiger partial charge in [-0.15, -0.1) is 0 Å². The number of anilines is 1.